The van der Waals surface area contributed by atoms with E-state index in [0.717, 1.165) is 36.2 Å². The number of hydrogen-bond donors (Lipinski definition) is 0. The van der Waals surface area contributed by atoms with Crippen molar-refractivity contribution in [2.45, 2.75) is 39.2 Å². The Balaban J connectivity index is 1.88. The molecule has 0 radical (unpaired) electrons. The molecule has 1 unspecified atom stereocenters. The summed E-state index contributed by atoms with van der Waals surface area (Å²) >= 11 is 0. The van der Waals surface area contributed by atoms with Crippen molar-refractivity contribution < 1.29 is 4.79 Å². The maximum atomic E-state index is 13.2. The summed E-state index contributed by atoms with van der Waals surface area (Å²) in [7, 11) is 3.73. The second-order valence-corrected chi connectivity index (χ2v) is 7.05. The Morgan fingerprint density at radius 3 is 2.71 bits per heavy atom. The van der Waals surface area contributed by atoms with E-state index in [-0.39, 0.29) is 11.9 Å². The molecule has 6 heteroatoms. The number of rotatable bonds is 7. The SMILES string of the molecule is CCCCC(c1cccnc1)N(C)C(=O)c1cccc(-c2nc(C)n(C)n2)c1. The molecule has 0 spiro atoms. The summed E-state index contributed by atoms with van der Waals surface area (Å²) in [5.74, 6) is 1.45. The zero-order chi connectivity index (χ0) is 20.1. The number of carbonyl (C=O) groups is 1. The molecule has 1 atom stereocenters. The van der Waals surface area contributed by atoms with Gasteiger partial charge in [-0.05, 0) is 37.1 Å². The Bertz CT molecular complexity index is 916. The summed E-state index contributed by atoms with van der Waals surface area (Å²) in [5, 5.41) is 4.42. The fourth-order valence-corrected chi connectivity index (χ4v) is 3.28. The predicted octanol–water partition coefficient (Wildman–Crippen LogP) is 4.19. The van der Waals surface area contributed by atoms with Gasteiger partial charge >= 0.3 is 0 Å². The quantitative estimate of drug-likeness (QED) is 0.619. The number of benzene rings is 1. The van der Waals surface area contributed by atoms with Crippen LogP contribution in [0, 0.1) is 6.92 Å². The molecule has 6 nitrogen and oxygen atoms in total. The van der Waals surface area contributed by atoms with Gasteiger partial charge in [-0.1, -0.05) is 38.0 Å². The highest BCUT2D eigenvalue weighted by atomic mass is 16.2. The standard InChI is InChI=1S/C22H27N5O/c1-5-6-12-20(19-11-8-13-23-15-19)26(3)22(28)18-10-7-9-17(14-18)21-24-16(2)27(4)25-21/h7-11,13-15,20H,5-6,12H2,1-4H3. The first-order valence-electron chi connectivity index (χ1n) is 9.66. The van der Waals surface area contributed by atoms with Crippen molar-refractivity contribution in [2.24, 2.45) is 7.05 Å². The van der Waals surface area contributed by atoms with Crippen LogP contribution in [0.4, 0.5) is 0 Å². The molecule has 0 aliphatic carbocycles. The van der Waals surface area contributed by atoms with Gasteiger partial charge in [0.25, 0.3) is 5.91 Å². The lowest BCUT2D eigenvalue weighted by Crippen LogP contribution is -2.31. The van der Waals surface area contributed by atoms with Gasteiger partial charge in [0.15, 0.2) is 5.82 Å². The Morgan fingerprint density at radius 2 is 2.07 bits per heavy atom. The molecule has 0 saturated carbocycles. The van der Waals surface area contributed by atoms with Crippen LogP contribution in [-0.2, 0) is 7.05 Å². The maximum Gasteiger partial charge on any atom is 0.254 e. The molecule has 146 valence electrons. The van der Waals surface area contributed by atoms with E-state index in [1.54, 1.807) is 10.9 Å². The lowest BCUT2D eigenvalue weighted by Gasteiger charge is -2.28. The zero-order valence-electron chi connectivity index (χ0n) is 17.0. The fraction of sp³-hybridized carbons (Fsp3) is 0.364. The van der Waals surface area contributed by atoms with Gasteiger partial charge < -0.3 is 4.90 Å². The van der Waals surface area contributed by atoms with Crippen LogP contribution in [0.3, 0.4) is 0 Å². The summed E-state index contributed by atoms with van der Waals surface area (Å²) < 4.78 is 1.74. The largest absolute Gasteiger partial charge is 0.335 e. The molecule has 3 rings (SSSR count). The Kier molecular flexibility index (Phi) is 6.19. The van der Waals surface area contributed by atoms with Crippen molar-refractivity contribution in [2.75, 3.05) is 7.05 Å². The molecule has 1 aromatic carbocycles. The minimum Gasteiger partial charge on any atom is -0.335 e. The topological polar surface area (TPSA) is 63.9 Å². The maximum absolute atomic E-state index is 13.2. The van der Waals surface area contributed by atoms with Gasteiger partial charge in [0, 0.05) is 37.6 Å². The minimum atomic E-state index is -0.0144. The van der Waals surface area contributed by atoms with Crippen LogP contribution in [0.1, 0.15) is 54.0 Å². The summed E-state index contributed by atoms with van der Waals surface area (Å²) in [5.41, 5.74) is 2.54. The minimum absolute atomic E-state index is 0.0000239. The van der Waals surface area contributed by atoms with E-state index in [9.17, 15) is 4.79 Å². The number of hydrogen-bond acceptors (Lipinski definition) is 4. The summed E-state index contributed by atoms with van der Waals surface area (Å²) in [6, 6.07) is 11.5. The lowest BCUT2D eigenvalue weighted by molar-refractivity contribution is 0.0720. The van der Waals surface area contributed by atoms with Crippen LogP contribution in [0.25, 0.3) is 11.4 Å². The molecule has 2 heterocycles. The number of unbranched alkanes of at least 4 members (excludes halogenated alkanes) is 1. The molecular weight excluding hydrogens is 350 g/mol. The van der Waals surface area contributed by atoms with Gasteiger partial charge in [0.2, 0.25) is 0 Å². The summed E-state index contributed by atoms with van der Waals surface area (Å²) in [6.45, 7) is 4.07. The molecule has 1 amide bonds. The molecule has 3 aromatic rings. The molecular formula is C22H27N5O. The molecule has 0 aliphatic rings. The first-order chi connectivity index (χ1) is 13.5. The predicted molar refractivity (Wildman–Crippen MR) is 110 cm³/mol. The van der Waals surface area contributed by atoms with Gasteiger partial charge in [-0.3, -0.25) is 14.5 Å². The van der Waals surface area contributed by atoms with Crippen molar-refractivity contribution in [1.82, 2.24) is 24.6 Å². The van der Waals surface area contributed by atoms with E-state index in [1.165, 1.54) is 0 Å². The van der Waals surface area contributed by atoms with Crippen molar-refractivity contribution in [3.05, 3.63) is 65.7 Å². The first-order valence-corrected chi connectivity index (χ1v) is 9.66. The van der Waals surface area contributed by atoms with Crippen LogP contribution in [0.5, 0.6) is 0 Å². The van der Waals surface area contributed by atoms with Gasteiger partial charge in [-0.2, -0.15) is 5.10 Å². The van der Waals surface area contributed by atoms with E-state index < -0.39 is 0 Å². The normalized spacial score (nSPS) is 12.0. The average Bonchev–Trinajstić information content (AvgIpc) is 3.07. The number of aromatic nitrogens is 4. The molecule has 2 aromatic heterocycles. The van der Waals surface area contributed by atoms with Crippen LogP contribution < -0.4 is 0 Å². The van der Waals surface area contributed by atoms with E-state index in [2.05, 4.69) is 22.0 Å². The van der Waals surface area contributed by atoms with Gasteiger partial charge in [0.1, 0.15) is 5.82 Å². The molecule has 0 saturated heterocycles. The number of carbonyl (C=O) groups excluding carboxylic acids is 1. The van der Waals surface area contributed by atoms with Crippen LogP contribution in [0.2, 0.25) is 0 Å². The number of pyridine rings is 1. The zero-order valence-corrected chi connectivity index (χ0v) is 17.0. The second-order valence-electron chi connectivity index (χ2n) is 7.05. The third-order valence-electron chi connectivity index (χ3n) is 5.04. The van der Waals surface area contributed by atoms with Crippen LogP contribution in [-0.4, -0.2) is 37.6 Å². The van der Waals surface area contributed by atoms with Gasteiger partial charge in [-0.25, -0.2) is 4.98 Å². The highest BCUT2D eigenvalue weighted by molar-refractivity contribution is 5.95. The van der Waals surface area contributed by atoms with Crippen molar-refractivity contribution in [1.29, 1.82) is 0 Å². The van der Waals surface area contributed by atoms with Crippen LogP contribution in [0.15, 0.2) is 48.8 Å². The van der Waals surface area contributed by atoms with Crippen molar-refractivity contribution in [3.63, 3.8) is 0 Å². The van der Waals surface area contributed by atoms with E-state index in [0.29, 0.717) is 11.4 Å². The van der Waals surface area contributed by atoms with Gasteiger partial charge in [0.05, 0.1) is 6.04 Å². The Labute approximate surface area is 166 Å². The van der Waals surface area contributed by atoms with E-state index in [1.807, 2.05) is 68.5 Å². The average molecular weight is 377 g/mol. The molecule has 0 aliphatic heterocycles. The van der Waals surface area contributed by atoms with E-state index >= 15 is 0 Å². The Hall–Kier alpha value is -3.02. The van der Waals surface area contributed by atoms with Gasteiger partial charge in [-0.15, -0.1) is 0 Å². The lowest BCUT2D eigenvalue weighted by atomic mass is 10.00. The van der Waals surface area contributed by atoms with Crippen molar-refractivity contribution >= 4 is 5.91 Å². The summed E-state index contributed by atoms with van der Waals surface area (Å²) in [4.78, 5) is 23.8. The highest BCUT2D eigenvalue weighted by Crippen LogP contribution is 2.27. The number of amides is 1. The summed E-state index contributed by atoms with van der Waals surface area (Å²) in [6.07, 6.45) is 6.65. The third kappa shape index (κ3) is 4.27. The first kappa shape index (κ1) is 19.7. The third-order valence-corrected chi connectivity index (χ3v) is 5.04. The molecule has 0 N–H and O–H groups in total. The number of aryl methyl sites for hydroxylation is 2. The monoisotopic (exact) mass is 377 g/mol. The van der Waals surface area contributed by atoms with E-state index in [4.69, 9.17) is 0 Å². The number of nitrogens with zero attached hydrogens (tertiary/aromatic N) is 5. The molecule has 0 fully saturated rings. The van der Waals surface area contributed by atoms with Crippen LogP contribution >= 0.6 is 0 Å². The highest BCUT2D eigenvalue weighted by Gasteiger charge is 2.23. The fourth-order valence-electron chi connectivity index (χ4n) is 3.28. The van der Waals surface area contributed by atoms with Crippen molar-refractivity contribution in [3.8, 4) is 11.4 Å². The smallest absolute Gasteiger partial charge is 0.254 e. The molecule has 28 heavy (non-hydrogen) atoms. The Morgan fingerprint density at radius 1 is 1.25 bits per heavy atom. The second kappa shape index (κ2) is 8.78. The molecule has 0 bridgehead atoms.